The summed E-state index contributed by atoms with van der Waals surface area (Å²) in [6, 6.07) is 7.03. The molecule has 0 aliphatic rings. The van der Waals surface area contributed by atoms with Crippen LogP contribution in [0.2, 0.25) is 0 Å². The Morgan fingerprint density at radius 1 is 1.33 bits per heavy atom. The van der Waals surface area contributed by atoms with E-state index in [4.69, 9.17) is 0 Å². The van der Waals surface area contributed by atoms with Crippen LogP contribution in [0.3, 0.4) is 0 Å². The van der Waals surface area contributed by atoms with Gasteiger partial charge in [0.15, 0.2) is 0 Å². The van der Waals surface area contributed by atoms with Gasteiger partial charge in [0, 0.05) is 10.5 Å². The molecule has 0 spiro atoms. The van der Waals surface area contributed by atoms with E-state index in [1.807, 2.05) is 6.07 Å². The van der Waals surface area contributed by atoms with E-state index in [0.29, 0.717) is 10.5 Å². The zero-order chi connectivity index (χ0) is 6.69. The van der Waals surface area contributed by atoms with E-state index in [1.54, 1.807) is 24.5 Å². The highest BCUT2D eigenvalue weighted by atomic mass is 32.1. The average Bonchev–Trinajstić information content (AvgIpc) is 1.89. The van der Waals surface area contributed by atoms with E-state index in [1.165, 1.54) is 0 Å². The molecular formula is C7H5OS. The fourth-order valence-corrected chi connectivity index (χ4v) is 0.766. The van der Waals surface area contributed by atoms with Gasteiger partial charge in [-0.3, -0.25) is 4.79 Å². The minimum absolute atomic E-state index is 0.515. The third kappa shape index (κ3) is 1.33. The number of benzene rings is 1. The molecule has 1 aromatic carbocycles. The van der Waals surface area contributed by atoms with Crippen molar-refractivity contribution in [2.75, 3.05) is 0 Å². The lowest BCUT2D eigenvalue weighted by molar-refractivity contribution is 0.562. The van der Waals surface area contributed by atoms with Gasteiger partial charge in [-0.1, -0.05) is 12.1 Å². The third-order valence-corrected chi connectivity index (χ3v) is 1.40. The molecular weight excluding hydrogens is 132 g/mol. The molecule has 0 saturated heterocycles. The minimum Gasteiger partial charge on any atom is -0.285 e. The van der Waals surface area contributed by atoms with Crippen LogP contribution >= 0.6 is 12.6 Å². The van der Waals surface area contributed by atoms with Crippen molar-refractivity contribution in [3.8, 4) is 0 Å². The zero-order valence-electron chi connectivity index (χ0n) is 4.66. The normalized spacial score (nSPS) is 9.00. The molecule has 1 radical (unpaired) electrons. The number of hydrogen-bond acceptors (Lipinski definition) is 2. The number of thiol groups is 1. The second-order valence-electron chi connectivity index (χ2n) is 1.62. The second kappa shape index (κ2) is 2.69. The smallest absolute Gasteiger partial charge is 0.234 e. The van der Waals surface area contributed by atoms with Crippen molar-refractivity contribution in [2.24, 2.45) is 0 Å². The molecule has 0 unspecified atom stereocenters. The zero-order valence-corrected chi connectivity index (χ0v) is 5.56. The molecule has 1 nitrogen and oxygen atoms in total. The summed E-state index contributed by atoms with van der Waals surface area (Å²) in [5, 5.41) is 0. The highest BCUT2D eigenvalue weighted by Crippen LogP contribution is 2.08. The predicted octanol–water partition coefficient (Wildman–Crippen LogP) is 1.43. The van der Waals surface area contributed by atoms with E-state index in [9.17, 15) is 4.79 Å². The van der Waals surface area contributed by atoms with Crippen LogP contribution in [0.1, 0.15) is 5.56 Å². The minimum atomic E-state index is 0.515. The molecule has 45 valence electrons. The van der Waals surface area contributed by atoms with Gasteiger partial charge in [-0.05, 0) is 12.1 Å². The molecule has 0 heterocycles. The Morgan fingerprint density at radius 3 is 2.44 bits per heavy atom. The Labute approximate surface area is 59.1 Å². The molecule has 0 aromatic heterocycles. The largest absolute Gasteiger partial charge is 0.285 e. The molecule has 0 atom stereocenters. The SMILES string of the molecule is O=[C]c1ccccc1S. The van der Waals surface area contributed by atoms with Crippen molar-refractivity contribution in [2.45, 2.75) is 4.90 Å². The number of hydrogen-bond donors (Lipinski definition) is 1. The summed E-state index contributed by atoms with van der Waals surface area (Å²) in [6.07, 6.45) is 1.77. The molecule has 0 aliphatic carbocycles. The van der Waals surface area contributed by atoms with Gasteiger partial charge < -0.3 is 0 Å². The Bertz CT molecular complexity index is 220. The van der Waals surface area contributed by atoms with E-state index in [2.05, 4.69) is 12.6 Å². The first kappa shape index (κ1) is 6.36. The highest BCUT2D eigenvalue weighted by molar-refractivity contribution is 7.80. The first-order chi connectivity index (χ1) is 4.34. The summed E-state index contributed by atoms with van der Waals surface area (Å²) in [6.45, 7) is 0. The van der Waals surface area contributed by atoms with Crippen LogP contribution in [0.4, 0.5) is 0 Å². The van der Waals surface area contributed by atoms with Crippen LogP contribution in [0.15, 0.2) is 29.2 Å². The fraction of sp³-hybridized carbons (Fsp3) is 0. The van der Waals surface area contributed by atoms with Gasteiger partial charge in [0.05, 0.1) is 0 Å². The van der Waals surface area contributed by atoms with Gasteiger partial charge in [0.2, 0.25) is 6.29 Å². The van der Waals surface area contributed by atoms with Gasteiger partial charge in [-0.25, -0.2) is 0 Å². The molecule has 1 aromatic rings. The van der Waals surface area contributed by atoms with Gasteiger partial charge >= 0.3 is 0 Å². The molecule has 0 saturated carbocycles. The van der Waals surface area contributed by atoms with Gasteiger partial charge in [-0.2, -0.15) is 0 Å². The van der Waals surface area contributed by atoms with Crippen molar-refractivity contribution in [3.63, 3.8) is 0 Å². The van der Waals surface area contributed by atoms with Crippen LogP contribution in [-0.2, 0) is 4.79 Å². The standard InChI is InChI=1S/C7H5OS/c8-5-6-3-1-2-4-7(6)9/h1-4,9H. The molecule has 9 heavy (non-hydrogen) atoms. The summed E-state index contributed by atoms with van der Waals surface area (Å²) >= 11 is 4.02. The van der Waals surface area contributed by atoms with E-state index < -0.39 is 0 Å². The Kier molecular flexibility index (Phi) is 1.90. The van der Waals surface area contributed by atoms with Crippen molar-refractivity contribution in [1.29, 1.82) is 0 Å². The first-order valence-electron chi connectivity index (χ1n) is 2.51. The van der Waals surface area contributed by atoms with Crippen LogP contribution in [0.5, 0.6) is 0 Å². The summed E-state index contributed by atoms with van der Waals surface area (Å²) in [5.74, 6) is 0. The highest BCUT2D eigenvalue weighted by Gasteiger charge is 1.92. The summed E-state index contributed by atoms with van der Waals surface area (Å²) < 4.78 is 0. The number of carbonyl (C=O) groups excluding carboxylic acids is 1. The lowest BCUT2D eigenvalue weighted by Crippen LogP contribution is -1.79. The maximum atomic E-state index is 10.1. The van der Waals surface area contributed by atoms with Crippen LogP contribution in [0, 0.1) is 0 Å². The molecule has 0 N–H and O–H groups in total. The summed E-state index contributed by atoms with van der Waals surface area (Å²) in [7, 11) is 0. The van der Waals surface area contributed by atoms with Gasteiger partial charge in [0.25, 0.3) is 0 Å². The third-order valence-electron chi connectivity index (χ3n) is 1.01. The lowest BCUT2D eigenvalue weighted by atomic mass is 10.2. The van der Waals surface area contributed by atoms with Crippen molar-refractivity contribution in [1.82, 2.24) is 0 Å². The number of rotatable bonds is 1. The Hall–Kier alpha value is -0.760. The maximum absolute atomic E-state index is 10.1. The van der Waals surface area contributed by atoms with Gasteiger partial charge in [-0.15, -0.1) is 12.6 Å². The van der Waals surface area contributed by atoms with Crippen LogP contribution in [-0.4, -0.2) is 6.29 Å². The molecule has 1 rings (SSSR count). The van der Waals surface area contributed by atoms with E-state index in [0.717, 1.165) is 0 Å². The first-order valence-corrected chi connectivity index (χ1v) is 2.95. The average molecular weight is 137 g/mol. The quantitative estimate of drug-likeness (QED) is 0.579. The van der Waals surface area contributed by atoms with E-state index >= 15 is 0 Å². The van der Waals surface area contributed by atoms with Crippen molar-refractivity contribution >= 4 is 18.9 Å². The molecule has 0 bridgehead atoms. The van der Waals surface area contributed by atoms with E-state index in [-0.39, 0.29) is 0 Å². The predicted molar refractivity (Wildman–Crippen MR) is 38.5 cm³/mol. The summed E-state index contributed by atoms with van der Waals surface area (Å²) in [5.41, 5.74) is 0.515. The Morgan fingerprint density at radius 2 is 2.00 bits per heavy atom. The van der Waals surface area contributed by atoms with Crippen LogP contribution in [0.25, 0.3) is 0 Å². The monoisotopic (exact) mass is 137 g/mol. The molecule has 0 amide bonds. The molecule has 0 fully saturated rings. The fourth-order valence-electron chi connectivity index (χ4n) is 0.560. The van der Waals surface area contributed by atoms with Crippen molar-refractivity contribution < 1.29 is 4.79 Å². The van der Waals surface area contributed by atoms with Crippen LogP contribution < -0.4 is 0 Å². The molecule has 0 aliphatic heterocycles. The lowest BCUT2D eigenvalue weighted by Gasteiger charge is -1.90. The Balaban J connectivity index is 3.15. The summed E-state index contributed by atoms with van der Waals surface area (Å²) in [4.78, 5) is 10.7. The topological polar surface area (TPSA) is 17.1 Å². The molecule has 2 heteroatoms. The maximum Gasteiger partial charge on any atom is 0.234 e. The second-order valence-corrected chi connectivity index (χ2v) is 2.10. The van der Waals surface area contributed by atoms with Crippen molar-refractivity contribution in [3.05, 3.63) is 29.8 Å². The van der Waals surface area contributed by atoms with Gasteiger partial charge in [0.1, 0.15) is 0 Å².